The summed E-state index contributed by atoms with van der Waals surface area (Å²) in [5.74, 6) is 0.452. The number of rotatable bonds is 7. The Morgan fingerprint density at radius 1 is 1.24 bits per heavy atom. The Kier molecular flexibility index (Phi) is 5.53. The van der Waals surface area contributed by atoms with Crippen LogP contribution in [0.5, 0.6) is 0 Å². The summed E-state index contributed by atoms with van der Waals surface area (Å²) in [5.41, 5.74) is 4.94. The molecule has 0 aliphatic carbocycles. The quantitative estimate of drug-likeness (QED) is 0.851. The van der Waals surface area contributed by atoms with E-state index in [1.165, 1.54) is 22.4 Å². The van der Waals surface area contributed by atoms with Crippen molar-refractivity contribution in [1.82, 2.24) is 15.1 Å². The van der Waals surface area contributed by atoms with E-state index in [0.717, 1.165) is 13.1 Å². The SMILES string of the molecule is COCc1cccc(CNCc2cn(C)nc2C(C)C)c1. The third kappa shape index (κ3) is 4.41. The predicted octanol–water partition coefficient (Wildman–Crippen LogP) is 2.98. The number of ether oxygens (including phenoxy) is 1. The number of methoxy groups -OCH3 is 1. The van der Waals surface area contributed by atoms with E-state index in [0.29, 0.717) is 12.5 Å². The van der Waals surface area contributed by atoms with E-state index in [9.17, 15) is 0 Å². The summed E-state index contributed by atoms with van der Waals surface area (Å²) >= 11 is 0. The van der Waals surface area contributed by atoms with E-state index >= 15 is 0 Å². The van der Waals surface area contributed by atoms with Crippen LogP contribution in [0.4, 0.5) is 0 Å². The van der Waals surface area contributed by atoms with Crippen molar-refractivity contribution in [2.45, 2.75) is 39.5 Å². The number of benzene rings is 1. The molecule has 0 fully saturated rings. The van der Waals surface area contributed by atoms with Crippen LogP contribution in [0, 0.1) is 0 Å². The summed E-state index contributed by atoms with van der Waals surface area (Å²) in [7, 11) is 3.70. The summed E-state index contributed by atoms with van der Waals surface area (Å²) in [6, 6.07) is 8.49. The first-order valence-corrected chi connectivity index (χ1v) is 7.40. The second kappa shape index (κ2) is 7.38. The van der Waals surface area contributed by atoms with Crippen LogP contribution in [0.25, 0.3) is 0 Å². The van der Waals surface area contributed by atoms with Gasteiger partial charge in [0.2, 0.25) is 0 Å². The highest BCUT2D eigenvalue weighted by Gasteiger charge is 2.10. The number of nitrogens with one attached hydrogen (secondary N) is 1. The van der Waals surface area contributed by atoms with Crippen LogP contribution in [0.1, 0.15) is 42.1 Å². The maximum Gasteiger partial charge on any atom is 0.0713 e. The Balaban J connectivity index is 1.94. The summed E-state index contributed by atoms with van der Waals surface area (Å²) in [5, 5.41) is 8.04. The molecule has 0 radical (unpaired) electrons. The molecule has 0 aliphatic heterocycles. The summed E-state index contributed by atoms with van der Waals surface area (Å²) in [4.78, 5) is 0. The molecular formula is C17H25N3O. The van der Waals surface area contributed by atoms with Crippen LogP contribution in [0.15, 0.2) is 30.5 Å². The first kappa shape index (κ1) is 15.7. The molecule has 0 aliphatic rings. The Morgan fingerprint density at radius 3 is 2.71 bits per heavy atom. The normalized spacial score (nSPS) is 11.3. The van der Waals surface area contributed by atoms with Gasteiger partial charge in [0.1, 0.15) is 0 Å². The van der Waals surface area contributed by atoms with E-state index in [4.69, 9.17) is 4.74 Å². The van der Waals surface area contributed by atoms with Gasteiger partial charge in [0.25, 0.3) is 0 Å². The largest absolute Gasteiger partial charge is 0.380 e. The molecule has 0 saturated carbocycles. The van der Waals surface area contributed by atoms with Crippen LogP contribution in [-0.4, -0.2) is 16.9 Å². The molecule has 4 nitrogen and oxygen atoms in total. The second-order valence-electron chi connectivity index (χ2n) is 5.72. The molecule has 0 atom stereocenters. The molecule has 4 heteroatoms. The van der Waals surface area contributed by atoms with Crippen molar-refractivity contribution in [1.29, 1.82) is 0 Å². The highest BCUT2D eigenvalue weighted by molar-refractivity contribution is 5.24. The van der Waals surface area contributed by atoms with E-state index in [1.54, 1.807) is 7.11 Å². The fraction of sp³-hybridized carbons (Fsp3) is 0.471. The number of hydrogen-bond acceptors (Lipinski definition) is 3. The van der Waals surface area contributed by atoms with Crippen molar-refractivity contribution in [3.8, 4) is 0 Å². The Bertz CT molecular complexity index is 575. The van der Waals surface area contributed by atoms with E-state index < -0.39 is 0 Å². The summed E-state index contributed by atoms with van der Waals surface area (Å²) in [6.45, 7) is 6.72. The monoisotopic (exact) mass is 287 g/mol. The lowest BCUT2D eigenvalue weighted by Gasteiger charge is -2.08. The van der Waals surface area contributed by atoms with Gasteiger partial charge in [0.15, 0.2) is 0 Å². The highest BCUT2D eigenvalue weighted by Crippen LogP contribution is 2.17. The molecule has 1 aromatic heterocycles. The smallest absolute Gasteiger partial charge is 0.0713 e. The predicted molar refractivity (Wildman–Crippen MR) is 85.0 cm³/mol. The van der Waals surface area contributed by atoms with Crippen molar-refractivity contribution in [2.24, 2.45) is 7.05 Å². The second-order valence-corrected chi connectivity index (χ2v) is 5.72. The molecule has 1 aromatic carbocycles. The molecule has 0 spiro atoms. The Morgan fingerprint density at radius 2 is 2.00 bits per heavy atom. The van der Waals surface area contributed by atoms with E-state index in [-0.39, 0.29) is 0 Å². The maximum atomic E-state index is 5.17. The number of aryl methyl sites for hydroxylation is 1. The van der Waals surface area contributed by atoms with E-state index in [2.05, 4.69) is 54.7 Å². The maximum absolute atomic E-state index is 5.17. The third-order valence-corrected chi connectivity index (χ3v) is 3.43. The van der Waals surface area contributed by atoms with Crippen molar-refractivity contribution in [3.05, 3.63) is 52.8 Å². The topological polar surface area (TPSA) is 39.1 Å². The van der Waals surface area contributed by atoms with Crippen LogP contribution < -0.4 is 5.32 Å². The van der Waals surface area contributed by atoms with Gasteiger partial charge in [-0.25, -0.2) is 0 Å². The molecule has 114 valence electrons. The summed E-state index contributed by atoms with van der Waals surface area (Å²) in [6.07, 6.45) is 2.10. The van der Waals surface area contributed by atoms with Gasteiger partial charge in [-0.05, 0) is 17.0 Å². The number of nitrogens with zero attached hydrogens (tertiary/aromatic N) is 2. The molecule has 1 N–H and O–H groups in total. The molecule has 0 unspecified atom stereocenters. The molecule has 0 saturated heterocycles. The van der Waals surface area contributed by atoms with Gasteiger partial charge in [0.05, 0.1) is 12.3 Å². The molecule has 1 heterocycles. The van der Waals surface area contributed by atoms with Crippen LogP contribution in [0.3, 0.4) is 0 Å². The van der Waals surface area contributed by atoms with Gasteiger partial charge in [-0.2, -0.15) is 5.10 Å². The lowest BCUT2D eigenvalue weighted by Crippen LogP contribution is -2.14. The lowest BCUT2D eigenvalue weighted by atomic mass is 10.1. The Hall–Kier alpha value is -1.65. The zero-order valence-electron chi connectivity index (χ0n) is 13.4. The standard InChI is InChI=1S/C17H25N3O/c1-13(2)17-16(11-20(3)19-17)10-18-9-14-6-5-7-15(8-14)12-21-4/h5-8,11,13,18H,9-10,12H2,1-4H3. The average Bonchev–Trinajstić information content (AvgIpc) is 2.81. The average molecular weight is 287 g/mol. The highest BCUT2D eigenvalue weighted by atomic mass is 16.5. The first-order chi connectivity index (χ1) is 10.1. The van der Waals surface area contributed by atoms with Crippen molar-refractivity contribution < 1.29 is 4.74 Å². The van der Waals surface area contributed by atoms with Gasteiger partial charge in [-0.3, -0.25) is 4.68 Å². The van der Waals surface area contributed by atoms with Crippen LogP contribution in [-0.2, 0) is 31.5 Å². The van der Waals surface area contributed by atoms with Gasteiger partial charge in [-0.15, -0.1) is 0 Å². The van der Waals surface area contributed by atoms with Crippen molar-refractivity contribution in [2.75, 3.05) is 7.11 Å². The molecule has 2 aromatic rings. The fourth-order valence-electron chi connectivity index (χ4n) is 2.51. The summed E-state index contributed by atoms with van der Waals surface area (Å²) < 4.78 is 7.06. The molecule has 2 rings (SSSR count). The molecule has 21 heavy (non-hydrogen) atoms. The minimum Gasteiger partial charge on any atom is -0.380 e. The Labute approximate surface area is 127 Å². The van der Waals surface area contributed by atoms with Crippen molar-refractivity contribution in [3.63, 3.8) is 0 Å². The van der Waals surface area contributed by atoms with E-state index in [1.807, 2.05) is 11.7 Å². The minimum atomic E-state index is 0.452. The fourth-order valence-corrected chi connectivity index (χ4v) is 2.51. The van der Waals surface area contributed by atoms with Gasteiger partial charge in [-0.1, -0.05) is 38.1 Å². The first-order valence-electron chi connectivity index (χ1n) is 7.40. The lowest BCUT2D eigenvalue weighted by molar-refractivity contribution is 0.185. The third-order valence-electron chi connectivity index (χ3n) is 3.43. The van der Waals surface area contributed by atoms with Gasteiger partial charge >= 0.3 is 0 Å². The molecular weight excluding hydrogens is 262 g/mol. The van der Waals surface area contributed by atoms with Crippen molar-refractivity contribution >= 4 is 0 Å². The zero-order valence-corrected chi connectivity index (χ0v) is 13.4. The zero-order chi connectivity index (χ0) is 15.2. The number of hydrogen-bond donors (Lipinski definition) is 1. The van der Waals surface area contributed by atoms with Crippen LogP contribution >= 0.6 is 0 Å². The minimum absolute atomic E-state index is 0.452. The van der Waals surface area contributed by atoms with Crippen LogP contribution in [0.2, 0.25) is 0 Å². The number of aromatic nitrogens is 2. The van der Waals surface area contributed by atoms with Gasteiger partial charge < -0.3 is 10.1 Å². The molecule has 0 bridgehead atoms. The molecule has 0 amide bonds. The van der Waals surface area contributed by atoms with Gasteiger partial charge in [0, 0.05) is 39.0 Å².